The third-order valence-corrected chi connectivity index (χ3v) is 9.32. The molecule has 0 spiro atoms. The van der Waals surface area contributed by atoms with Crippen LogP contribution in [0.5, 0.6) is 23.0 Å². The van der Waals surface area contributed by atoms with Crippen LogP contribution in [0.25, 0.3) is 0 Å². The van der Waals surface area contributed by atoms with Gasteiger partial charge in [0.05, 0.1) is 0 Å². The minimum Gasteiger partial charge on any atom is -0.457 e. The molecule has 2 heterocycles. The molecule has 0 bridgehead atoms. The van der Waals surface area contributed by atoms with Crippen LogP contribution in [0.2, 0.25) is 0 Å². The molecular formula is C36H44FN5O4. The normalized spacial score (nSPS) is 18.3. The maximum atomic E-state index is 13.5. The fourth-order valence-electron chi connectivity index (χ4n) is 6.59. The smallest absolute Gasteiger partial charge is 0.321 e. The molecule has 3 fully saturated rings. The maximum Gasteiger partial charge on any atom is 0.321 e. The van der Waals surface area contributed by atoms with Crippen LogP contribution in [-0.4, -0.2) is 96.5 Å². The summed E-state index contributed by atoms with van der Waals surface area (Å²) in [6, 6.07) is 18.5. The minimum absolute atomic E-state index is 0.0153. The number of hydrogen-bond acceptors (Lipinski definition) is 6. The lowest BCUT2D eigenvalue weighted by atomic mass is 9.94. The third kappa shape index (κ3) is 8.16. The molecule has 3 aromatic carbocycles. The fourth-order valence-corrected chi connectivity index (χ4v) is 6.59. The van der Waals surface area contributed by atoms with Crippen molar-refractivity contribution in [1.82, 2.24) is 19.6 Å². The first-order valence-electron chi connectivity index (χ1n) is 16.6. The maximum absolute atomic E-state index is 13.5. The summed E-state index contributed by atoms with van der Waals surface area (Å²) in [5.74, 6) is 1.54. The molecule has 3 aliphatic rings. The topological polar surface area (TPSA) is 77.6 Å². The summed E-state index contributed by atoms with van der Waals surface area (Å²) < 4.78 is 25.7. The Morgan fingerprint density at radius 1 is 0.717 bits per heavy atom. The molecule has 9 nitrogen and oxygen atoms in total. The second kappa shape index (κ2) is 15.0. The van der Waals surface area contributed by atoms with Gasteiger partial charge in [-0.25, -0.2) is 9.18 Å². The number of rotatable bonds is 8. The van der Waals surface area contributed by atoms with Gasteiger partial charge in [0, 0.05) is 87.8 Å². The van der Waals surface area contributed by atoms with Crippen LogP contribution in [-0.2, 0) is 0 Å². The Labute approximate surface area is 270 Å². The molecule has 3 aromatic rings. The summed E-state index contributed by atoms with van der Waals surface area (Å²) >= 11 is 0. The molecule has 0 atom stereocenters. The Balaban J connectivity index is 1.13. The number of carbonyl (C=O) groups excluding carboxylic acids is 2. The average molecular weight is 630 g/mol. The lowest BCUT2D eigenvalue weighted by Crippen LogP contribution is -2.53. The van der Waals surface area contributed by atoms with Crippen LogP contribution in [0.4, 0.5) is 14.9 Å². The summed E-state index contributed by atoms with van der Waals surface area (Å²) in [5, 5.41) is 3.03. The van der Waals surface area contributed by atoms with Crippen molar-refractivity contribution >= 4 is 17.6 Å². The fraction of sp³-hybridized carbons (Fsp3) is 0.444. The minimum atomic E-state index is -0.355. The number of piperazine rings is 2. The summed E-state index contributed by atoms with van der Waals surface area (Å²) in [5.41, 5.74) is 1.13. The summed E-state index contributed by atoms with van der Waals surface area (Å²) in [6.45, 7) is 9.45. The van der Waals surface area contributed by atoms with Gasteiger partial charge in [-0.3, -0.25) is 9.69 Å². The molecule has 0 radical (unpaired) electrons. The molecule has 10 heteroatoms. The molecule has 0 aromatic heterocycles. The molecule has 244 valence electrons. The Hall–Kier alpha value is -4.15. The molecule has 2 saturated heterocycles. The van der Waals surface area contributed by atoms with Crippen molar-refractivity contribution in [3.63, 3.8) is 0 Å². The first-order chi connectivity index (χ1) is 22.4. The van der Waals surface area contributed by atoms with E-state index in [-0.39, 0.29) is 17.8 Å². The summed E-state index contributed by atoms with van der Waals surface area (Å²) in [4.78, 5) is 35.0. The number of anilines is 1. The van der Waals surface area contributed by atoms with Gasteiger partial charge in [0.1, 0.15) is 28.8 Å². The SMILES string of the molecule is CCN1CCN(C(=O)c2ccc(Oc3cc(NC(=O)N4CCN(C5CCCCC5)CC4)cc(Oc4ccc(F)cc4)c3)cc2)CC1. The van der Waals surface area contributed by atoms with Gasteiger partial charge in [0.2, 0.25) is 0 Å². The van der Waals surface area contributed by atoms with Crippen LogP contribution in [0.3, 0.4) is 0 Å². The van der Waals surface area contributed by atoms with Gasteiger partial charge in [-0.15, -0.1) is 0 Å². The van der Waals surface area contributed by atoms with Gasteiger partial charge in [-0.1, -0.05) is 26.2 Å². The van der Waals surface area contributed by atoms with Crippen LogP contribution < -0.4 is 14.8 Å². The van der Waals surface area contributed by atoms with Crippen LogP contribution in [0.1, 0.15) is 49.4 Å². The first-order valence-corrected chi connectivity index (χ1v) is 16.6. The molecular weight excluding hydrogens is 585 g/mol. The lowest BCUT2D eigenvalue weighted by Gasteiger charge is -2.40. The van der Waals surface area contributed by atoms with E-state index in [0.29, 0.717) is 53.4 Å². The van der Waals surface area contributed by atoms with Crippen LogP contribution in [0.15, 0.2) is 66.7 Å². The number of ether oxygens (including phenoxy) is 2. The number of halogens is 1. The number of nitrogens with zero attached hydrogens (tertiary/aromatic N) is 4. The zero-order chi connectivity index (χ0) is 31.9. The van der Waals surface area contributed by atoms with Crippen molar-refractivity contribution in [2.45, 2.75) is 45.1 Å². The van der Waals surface area contributed by atoms with E-state index in [4.69, 9.17) is 9.47 Å². The highest BCUT2D eigenvalue weighted by Crippen LogP contribution is 2.33. The van der Waals surface area contributed by atoms with Crippen molar-refractivity contribution < 1.29 is 23.5 Å². The number of amides is 3. The molecule has 1 aliphatic carbocycles. The standard InChI is InChI=1S/C36H44FN5O4/c1-2-39-16-18-41(19-17-39)35(43)27-8-12-31(13-9-27)45-33-24-29(25-34(26-33)46-32-14-10-28(37)11-15-32)38-36(44)42-22-20-40(21-23-42)30-6-4-3-5-7-30/h8-15,24-26,30H,2-7,16-23H2,1H3,(H,38,44). The van der Waals surface area contributed by atoms with Crippen molar-refractivity contribution in [2.24, 2.45) is 0 Å². The summed E-state index contributed by atoms with van der Waals surface area (Å²) in [7, 11) is 0. The van der Waals surface area contributed by atoms with Crippen molar-refractivity contribution in [3.05, 3.63) is 78.1 Å². The van der Waals surface area contributed by atoms with Gasteiger partial charge in [0.25, 0.3) is 5.91 Å². The van der Waals surface area contributed by atoms with Gasteiger partial charge in [-0.2, -0.15) is 0 Å². The predicted octanol–water partition coefficient (Wildman–Crippen LogP) is 6.67. The van der Waals surface area contributed by atoms with Gasteiger partial charge < -0.3 is 29.5 Å². The molecule has 0 unspecified atom stereocenters. The van der Waals surface area contributed by atoms with E-state index in [1.807, 2.05) is 9.80 Å². The highest BCUT2D eigenvalue weighted by Gasteiger charge is 2.27. The molecule has 46 heavy (non-hydrogen) atoms. The Kier molecular flexibility index (Phi) is 10.3. The number of hydrogen-bond donors (Lipinski definition) is 1. The zero-order valence-corrected chi connectivity index (χ0v) is 26.6. The van der Waals surface area contributed by atoms with Crippen molar-refractivity contribution in [2.75, 3.05) is 64.2 Å². The number of benzene rings is 3. The first kappa shape index (κ1) is 31.8. The van der Waals surface area contributed by atoms with E-state index in [1.54, 1.807) is 54.6 Å². The van der Waals surface area contributed by atoms with Crippen molar-refractivity contribution in [1.29, 1.82) is 0 Å². The highest BCUT2D eigenvalue weighted by atomic mass is 19.1. The van der Waals surface area contributed by atoms with E-state index in [1.165, 1.54) is 44.2 Å². The Morgan fingerprint density at radius 3 is 1.87 bits per heavy atom. The van der Waals surface area contributed by atoms with E-state index in [2.05, 4.69) is 22.0 Å². The van der Waals surface area contributed by atoms with Crippen molar-refractivity contribution in [3.8, 4) is 23.0 Å². The number of carbonyl (C=O) groups is 2. The molecule has 6 rings (SSSR count). The van der Waals surface area contributed by atoms with Gasteiger partial charge >= 0.3 is 6.03 Å². The second-order valence-corrected chi connectivity index (χ2v) is 12.3. The molecule has 1 N–H and O–H groups in total. The average Bonchev–Trinajstić information content (AvgIpc) is 3.10. The quantitative estimate of drug-likeness (QED) is 0.300. The monoisotopic (exact) mass is 629 g/mol. The second-order valence-electron chi connectivity index (χ2n) is 12.3. The zero-order valence-electron chi connectivity index (χ0n) is 26.6. The van der Waals surface area contributed by atoms with Gasteiger partial charge in [-0.05, 0) is 67.9 Å². The van der Waals surface area contributed by atoms with Crippen LogP contribution in [0, 0.1) is 5.82 Å². The molecule has 1 saturated carbocycles. The van der Waals surface area contributed by atoms with Gasteiger partial charge in [0.15, 0.2) is 0 Å². The number of urea groups is 1. The lowest BCUT2D eigenvalue weighted by molar-refractivity contribution is 0.0643. The molecule has 2 aliphatic heterocycles. The largest absolute Gasteiger partial charge is 0.457 e. The third-order valence-electron chi connectivity index (χ3n) is 9.32. The highest BCUT2D eigenvalue weighted by molar-refractivity contribution is 5.94. The summed E-state index contributed by atoms with van der Waals surface area (Å²) in [6.07, 6.45) is 6.43. The predicted molar refractivity (Wildman–Crippen MR) is 176 cm³/mol. The Bertz CT molecular complexity index is 1460. The number of likely N-dealkylation sites (N-methyl/N-ethyl adjacent to an activating group) is 1. The van der Waals surface area contributed by atoms with E-state index >= 15 is 0 Å². The van der Waals surface area contributed by atoms with Crippen LogP contribution >= 0.6 is 0 Å². The van der Waals surface area contributed by atoms with E-state index < -0.39 is 0 Å². The molecule has 3 amide bonds. The van der Waals surface area contributed by atoms with E-state index in [0.717, 1.165) is 45.8 Å². The Morgan fingerprint density at radius 2 is 1.28 bits per heavy atom. The number of nitrogens with one attached hydrogen (secondary N) is 1. The van der Waals surface area contributed by atoms with E-state index in [9.17, 15) is 14.0 Å².